The predicted octanol–water partition coefficient (Wildman–Crippen LogP) is -0.742. The molecule has 1 aromatic heterocycles. The van der Waals surface area contributed by atoms with Gasteiger partial charge in [-0.2, -0.15) is 0 Å². The lowest BCUT2D eigenvalue weighted by atomic mass is 10.1. The Hall–Kier alpha value is -1.86. The van der Waals surface area contributed by atoms with Crippen molar-refractivity contribution in [1.29, 1.82) is 0 Å². The number of anilines is 1. The van der Waals surface area contributed by atoms with E-state index >= 15 is 0 Å². The van der Waals surface area contributed by atoms with E-state index in [4.69, 9.17) is 5.11 Å². The van der Waals surface area contributed by atoms with Crippen LogP contribution < -0.4 is 16.3 Å². The maximum Gasteiger partial charge on any atom is 0.337 e. The lowest BCUT2D eigenvalue weighted by Gasteiger charge is -2.23. The van der Waals surface area contributed by atoms with Gasteiger partial charge in [0.2, 0.25) is 5.88 Å². The van der Waals surface area contributed by atoms with Gasteiger partial charge in [-0.05, 0) is 5.56 Å². The predicted molar refractivity (Wildman–Crippen MR) is 48.0 cm³/mol. The van der Waals surface area contributed by atoms with Crippen LogP contribution in [-0.2, 0) is 6.61 Å². The Morgan fingerprint density at radius 1 is 1.47 bits per heavy atom. The first-order valence-corrected chi connectivity index (χ1v) is 4.15. The van der Waals surface area contributed by atoms with E-state index in [0.717, 1.165) is 6.07 Å². The Kier molecular flexibility index (Phi) is 2.18. The fourth-order valence-electron chi connectivity index (χ4n) is 1.41. The number of nitrogens with one attached hydrogen (secondary N) is 2. The van der Waals surface area contributed by atoms with E-state index in [1.165, 1.54) is 0 Å². The van der Waals surface area contributed by atoms with Gasteiger partial charge in [0, 0.05) is 6.07 Å². The van der Waals surface area contributed by atoms with Crippen molar-refractivity contribution >= 4 is 11.9 Å². The number of carbonyl (C=O) groups excluding carboxylic acids is 1. The molecule has 0 aromatic carbocycles. The molecular weight excluding hydrogens is 204 g/mol. The molecule has 0 saturated carbocycles. The molecule has 7 nitrogen and oxygen atoms in total. The Labute approximate surface area is 83.3 Å². The lowest BCUT2D eigenvalue weighted by molar-refractivity contribution is 0.137. The van der Waals surface area contributed by atoms with Gasteiger partial charge < -0.3 is 19.9 Å². The Morgan fingerprint density at radius 3 is 2.87 bits per heavy atom. The normalized spacial score (nSPS) is 19.1. The van der Waals surface area contributed by atoms with Gasteiger partial charge in [-0.1, -0.05) is 0 Å². The highest BCUT2D eigenvalue weighted by Crippen LogP contribution is 2.27. The van der Waals surface area contributed by atoms with Crippen molar-refractivity contribution < 1.29 is 19.4 Å². The minimum absolute atomic E-state index is 0.136. The molecule has 4 N–H and O–H groups in total. The number of aliphatic hydroxyl groups is 2. The first-order valence-electron chi connectivity index (χ1n) is 4.15. The van der Waals surface area contributed by atoms with Crippen LogP contribution in [-0.4, -0.2) is 16.2 Å². The van der Waals surface area contributed by atoms with Gasteiger partial charge in [0.15, 0.2) is 6.23 Å². The van der Waals surface area contributed by atoms with Crippen molar-refractivity contribution in [2.24, 2.45) is 0 Å². The fourth-order valence-corrected chi connectivity index (χ4v) is 1.41. The Balaban J connectivity index is 2.63. The molecule has 1 aliphatic rings. The van der Waals surface area contributed by atoms with E-state index in [2.05, 4.69) is 15.1 Å². The highest BCUT2D eigenvalue weighted by Gasteiger charge is 2.27. The summed E-state index contributed by atoms with van der Waals surface area (Å²) in [5, 5.41) is 22.8. The summed E-state index contributed by atoms with van der Waals surface area (Å²) >= 11 is 0. The molecule has 1 atom stereocenters. The number of rotatable bonds is 1. The number of hydrogen-bond donors (Lipinski definition) is 4. The molecule has 1 unspecified atom stereocenters. The van der Waals surface area contributed by atoms with Crippen molar-refractivity contribution in [1.82, 2.24) is 5.32 Å². The molecule has 0 saturated heterocycles. The van der Waals surface area contributed by atoms with E-state index in [1.54, 1.807) is 0 Å². The van der Waals surface area contributed by atoms with Gasteiger partial charge in [0.05, 0.1) is 12.2 Å². The summed E-state index contributed by atoms with van der Waals surface area (Å²) in [7, 11) is 0. The number of aliphatic hydroxyl groups excluding tert-OH is 2. The van der Waals surface area contributed by atoms with Crippen LogP contribution in [0.25, 0.3) is 0 Å². The number of fused-ring (bicyclic) bond motifs is 1. The fraction of sp³-hybridized carbons (Fsp3) is 0.250. The van der Waals surface area contributed by atoms with Crippen LogP contribution in [0.15, 0.2) is 15.3 Å². The topological polar surface area (TPSA) is 112 Å². The highest BCUT2D eigenvalue weighted by atomic mass is 16.4. The first kappa shape index (κ1) is 9.69. The van der Waals surface area contributed by atoms with Crippen LogP contribution in [0.5, 0.6) is 0 Å². The van der Waals surface area contributed by atoms with Crippen molar-refractivity contribution in [3.63, 3.8) is 0 Å². The van der Waals surface area contributed by atoms with Crippen LogP contribution >= 0.6 is 0 Å². The maximum absolute atomic E-state index is 11.0. The zero-order valence-corrected chi connectivity index (χ0v) is 7.48. The van der Waals surface area contributed by atoms with Gasteiger partial charge in [-0.25, -0.2) is 9.59 Å². The second kappa shape index (κ2) is 3.37. The van der Waals surface area contributed by atoms with E-state index < -0.39 is 24.5 Å². The zero-order valence-electron chi connectivity index (χ0n) is 7.48. The number of amides is 2. The monoisotopic (exact) mass is 212 g/mol. The molecular formula is C8H8N2O5. The molecule has 0 aliphatic carbocycles. The number of urea groups is 1. The second-order valence-electron chi connectivity index (χ2n) is 2.99. The third-order valence-corrected chi connectivity index (χ3v) is 2.02. The van der Waals surface area contributed by atoms with Crippen LogP contribution in [0.4, 0.5) is 10.7 Å². The average Bonchev–Trinajstić information content (AvgIpc) is 2.14. The Morgan fingerprint density at radius 2 is 2.20 bits per heavy atom. The third-order valence-electron chi connectivity index (χ3n) is 2.02. The molecule has 0 bridgehead atoms. The van der Waals surface area contributed by atoms with Crippen LogP contribution in [0.3, 0.4) is 0 Å². The second-order valence-corrected chi connectivity index (χ2v) is 2.99. The molecule has 2 amide bonds. The largest absolute Gasteiger partial charge is 0.406 e. The summed E-state index contributed by atoms with van der Waals surface area (Å²) in [6.07, 6.45) is -1.29. The summed E-state index contributed by atoms with van der Waals surface area (Å²) in [5.74, 6) is -0.136. The van der Waals surface area contributed by atoms with E-state index in [9.17, 15) is 14.7 Å². The van der Waals surface area contributed by atoms with Crippen LogP contribution in [0, 0.1) is 0 Å². The van der Waals surface area contributed by atoms with Crippen molar-refractivity contribution in [2.75, 3.05) is 5.32 Å². The molecule has 0 spiro atoms. The van der Waals surface area contributed by atoms with E-state index in [0.29, 0.717) is 0 Å². The van der Waals surface area contributed by atoms with Crippen LogP contribution in [0.2, 0.25) is 0 Å². The summed E-state index contributed by atoms with van der Waals surface area (Å²) in [6, 6.07) is 0.384. The van der Waals surface area contributed by atoms with Gasteiger partial charge in [-0.3, -0.25) is 5.32 Å². The number of carbonyl (C=O) groups is 1. The molecule has 2 heterocycles. The first-order chi connectivity index (χ1) is 7.11. The molecule has 1 aliphatic heterocycles. The maximum atomic E-state index is 11.0. The molecule has 1 aromatic rings. The lowest BCUT2D eigenvalue weighted by Crippen LogP contribution is -2.38. The highest BCUT2D eigenvalue weighted by molar-refractivity contribution is 5.91. The standard InChI is InChI=1S/C8H8N2O5/c11-2-3-1-4(12)15-7-5(3)6(13)9-8(14)10-7/h1,6,11,13H,2H2,(H2,9,10,14). The Bertz CT molecular complexity index is 467. The van der Waals surface area contributed by atoms with E-state index in [-0.39, 0.29) is 17.0 Å². The molecule has 0 radical (unpaired) electrons. The van der Waals surface area contributed by atoms with E-state index in [1.807, 2.05) is 0 Å². The molecule has 80 valence electrons. The third kappa shape index (κ3) is 1.58. The van der Waals surface area contributed by atoms with Crippen molar-refractivity contribution in [3.8, 4) is 0 Å². The van der Waals surface area contributed by atoms with Gasteiger partial charge in [0.25, 0.3) is 0 Å². The van der Waals surface area contributed by atoms with Crippen LogP contribution in [0.1, 0.15) is 17.4 Å². The van der Waals surface area contributed by atoms with Crippen molar-refractivity contribution in [2.45, 2.75) is 12.8 Å². The van der Waals surface area contributed by atoms with Gasteiger partial charge >= 0.3 is 11.7 Å². The van der Waals surface area contributed by atoms with Gasteiger partial charge in [0.1, 0.15) is 0 Å². The van der Waals surface area contributed by atoms with Gasteiger partial charge in [-0.15, -0.1) is 0 Å². The molecule has 0 fully saturated rings. The molecule has 15 heavy (non-hydrogen) atoms. The summed E-state index contributed by atoms with van der Waals surface area (Å²) in [4.78, 5) is 21.9. The summed E-state index contributed by atoms with van der Waals surface area (Å²) < 4.78 is 4.68. The zero-order chi connectivity index (χ0) is 11.0. The summed E-state index contributed by atoms with van der Waals surface area (Å²) in [5.41, 5.74) is -0.329. The smallest absolute Gasteiger partial charge is 0.337 e. The van der Waals surface area contributed by atoms with Crippen molar-refractivity contribution in [3.05, 3.63) is 27.6 Å². The average molecular weight is 212 g/mol. The molecule has 2 rings (SSSR count). The SMILES string of the molecule is O=C1Nc2oc(=O)cc(CO)c2C(O)N1. The minimum atomic E-state index is -1.29. The number of hydrogen-bond acceptors (Lipinski definition) is 5. The summed E-state index contributed by atoms with van der Waals surface area (Å²) in [6.45, 7) is -0.428. The molecule has 7 heteroatoms. The minimum Gasteiger partial charge on any atom is -0.406 e. The quantitative estimate of drug-likeness (QED) is 0.489.